The lowest BCUT2D eigenvalue weighted by molar-refractivity contribution is -0.146. The topological polar surface area (TPSA) is 80.5 Å². The first-order valence-electron chi connectivity index (χ1n) is 5.98. The number of ether oxygens (including phenoxy) is 1. The number of nitrogens with zero attached hydrogens (tertiary/aromatic N) is 2. The van der Waals surface area contributed by atoms with E-state index in [9.17, 15) is 4.79 Å². The van der Waals surface area contributed by atoms with Crippen LogP contribution in [0.2, 0.25) is 0 Å². The van der Waals surface area contributed by atoms with Crippen LogP contribution < -0.4 is 11.3 Å². The molecule has 0 aliphatic carbocycles. The van der Waals surface area contributed by atoms with Crippen LogP contribution in [0.3, 0.4) is 0 Å². The van der Waals surface area contributed by atoms with Gasteiger partial charge in [0.25, 0.3) is 0 Å². The number of anilines is 1. The number of nitrogen functional groups attached to an aromatic ring is 1. The molecule has 1 fully saturated rings. The maximum atomic E-state index is 11.6. The molecule has 3 N–H and O–H groups in total. The monoisotopic (exact) mass is 250 g/mol. The highest BCUT2D eigenvalue weighted by atomic mass is 16.5. The van der Waals surface area contributed by atoms with Crippen LogP contribution in [0.5, 0.6) is 0 Å². The lowest BCUT2D eigenvalue weighted by Gasteiger charge is -2.21. The standard InChI is InChI=1S/C12H18N4O2/c1-18-12(17)11-3-2-6-16(11)8-10-7-9(15-13)4-5-14-10/h4-5,7,11H,2-3,6,8,13H2,1H3,(H,14,15). The highest BCUT2D eigenvalue weighted by Gasteiger charge is 2.31. The lowest BCUT2D eigenvalue weighted by atomic mass is 10.2. The van der Waals surface area contributed by atoms with Gasteiger partial charge >= 0.3 is 5.97 Å². The van der Waals surface area contributed by atoms with Crippen molar-refractivity contribution >= 4 is 11.7 Å². The Morgan fingerprint density at radius 2 is 2.56 bits per heavy atom. The van der Waals surface area contributed by atoms with Gasteiger partial charge in [0.2, 0.25) is 0 Å². The van der Waals surface area contributed by atoms with Crippen molar-refractivity contribution in [2.75, 3.05) is 19.1 Å². The van der Waals surface area contributed by atoms with Crippen LogP contribution in [0, 0.1) is 0 Å². The first-order chi connectivity index (χ1) is 8.74. The Labute approximate surface area is 106 Å². The van der Waals surface area contributed by atoms with Gasteiger partial charge in [-0.15, -0.1) is 0 Å². The number of nitrogens with two attached hydrogens (primary N) is 1. The molecule has 0 amide bonds. The van der Waals surface area contributed by atoms with E-state index in [2.05, 4.69) is 15.3 Å². The van der Waals surface area contributed by atoms with E-state index in [1.54, 1.807) is 12.3 Å². The minimum Gasteiger partial charge on any atom is -0.468 e. The van der Waals surface area contributed by atoms with Crippen LogP contribution in [-0.2, 0) is 16.1 Å². The van der Waals surface area contributed by atoms with Crippen molar-refractivity contribution in [2.45, 2.75) is 25.4 Å². The molecule has 1 atom stereocenters. The fraction of sp³-hybridized carbons (Fsp3) is 0.500. The third-order valence-corrected chi connectivity index (χ3v) is 3.19. The van der Waals surface area contributed by atoms with Crippen molar-refractivity contribution in [3.8, 4) is 0 Å². The number of likely N-dealkylation sites (tertiary alicyclic amines) is 1. The number of carbonyl (C=O) groups excluding carboxylic acids is 1. The van der Waals surface area contributed by atoms with E-state index < -0.39 is 0 Å². The number of hydrogen-bond acceptors (Lipinski definition) is 6. The summed E-state index contributed by atoms with van der Waals surface area (Å²) in [6.07, 6.45) is 3.56. The minimum atomic E-state index is -0.166. The molecule has 6 nitrogen and oxygen atoms in total. The summed E-state index contributed by atoms with van der Waals surface area (Å²) >= 11 is 0. The fourth-order valence-electron chi connectivity index (χ4n) is 2.28. The second-order valence-corrected chi connectivity index (χ2v) is 4.33. The summed E-state index contributed by atoms with van der Waals surface area (Å²) in [5.74, 6) is 5.19. The molecule has 1 aliphatic heterocycles. The molecular weight excluding hydrogens is 232 g/mol. The number of methoxy groups -OCH3 is 1. The number of hydrazine groups is 1. The van der Waals surface area contributed by atoms with Crippen molar-refractivity contribution in [2.24, 2.45) is 5.84 Å². The van der Waals surface area contributed by atoms with E-state index in [4.69, 9.17) is 10.6 Å². The van der Waals surface area contributed by atoms with Crippen LogP contribution in [0.1, 0.15) is 18.5 Å². The van der Waals surface area contributed by atoms with E-state index in [1.165, 1.54) is 7.11 Å². The second-order valence-electron chi connectivity index (χ2n) is 4.33. The summed E-state index contributed by atoms with van der Waals surface area (Å²) in [7, 11) is 1.43. The number of esters is 1. The van der Waals surface area contributed by atoms with E-state index >= 15 is 0 Å². The molecule has 0 aromatic carbocycles. The van der Waals surface area contributed by atoms with Gasteiger partial charge in [0.05, 0.1) is 18.5 Å². The molecule has 0 bridgehead atoms. The average Bonchev–Trinajstić information content (AvgIpc) is 2.86. The lowest BCUT2D eigenvalue weighted by Crippen LogP contribution is -2.36. The van der Waals surface area contributed by atoms with Gasteiger partial charge in [-0.05, 0) is 31.5 Å². The highest BCUT2D eigenvalue weighted by molar-refractivity contribution is 5.75. The third kappa shape index (κ3) is 2.77. The maximum absolute atomic E-state index is 11.6. The molecule has 0 radical (unpaired) electrons. The molecule has 1 aromatic heterocycles. The largest absolute Gasteiger partial charge is 0.468 e. The summed E-state index contributed by atoms with van der Waals surface area (Å²) in [5.41, 5.74) is 4.29. The van der Waals surface area contributed by atoms with E-state index in [-0.39, 0.29) is 12.0 Å². The third-order valence-electron chi connectivity index (χ3n) is 3.19. The molecule has 0 spiro atoms. The van der Waals surface area contributed by atoms with Crippen molar-refractivity contribution in [3.63, 3.8) is 0 Å². The van der Waals surface area contributed by atoms with Crippen molar-refractivity contribution in [1.29, 1.82) is 0 Å². The first-order valence-corrected chi connectivity index (χ1v) is 5.98. The van der Waals surface area contributed by atoms with E-state index in [0.29, 0.717) is 6.54 Å². The quantitative estimate of drug-likeness (QED) is 0.460. The number of nitrogens with one attached hydrogen (secondary N) is 1. The van der Waals surface area contributed by atoms with Gasteiger partial charge in [-0.3, -0.25) is 20.5 Å². The Balaban J connectivity index is 2.05. The molecular formula is C12H18N4O2. The Morgan fingerprint density at radius 3 is 3.28 bits per heavy atom. The van der Waals surface area contributed by atoms with Crippen molar-refractivity contribution in [1.82, 2.24) is 9.88 Å². The Morgan fingerprint density at radius 1 is 1.72 bits per heavy atom. The van der Waals surface area contributed by atoms with Crippen LogP contribution in [0.15, 0.2) is 18.3 Å². The zero-order chi connectivity index (χ0) is 13.0. The Kier molecular flexibility index (Phi) is 4.11. The van der Waals surface area contributed by atoms with Crippen LogP contribution in [-0.4, -0.2) is 35.5 Å². The number of rotatable bonds is 4. The van der Waals surface area contributed by atoms with Crippen LogP contribution in [0.4, 0.5) is 5.69 Å². The highest BCUT2D eigenvalue weighted by Crippen LogP contribution is 2.21. The molecule has 1 aromatic rings. The number of pyridine rings is 1. The molecule has 1 saturated heterocycles. The summed E-state index contributed by atoms with van der Waals surface area (Å²) in [6.45, 7) is 1.52. The molecule has 98 valence electrons. The van der Waals surface area contributed by atoms with Gasteiger partial charge in [-0.2, -0.15) is 0 Å². The maximum Gasteiger partial charge on any atom is 0.323 e. The average molecular weight is 250 g/mol. The fourth-order valence-corrected chi connectivity index (χ4v) is 2.28. The van der Waals surface area contributed by atoms with E-state index in [1.807, 2.05) is 6.07 Å². The number of aromatic nitrogens is 1. The van der Waals surface area contributed by atoms with Crippen LogP contribution >= 0.6 is 0 Å². The Hall–Kier alpha value is -1.66. The number of hydrogen-bond donors (Lipinski definition) is 2. The zero-order valence-electron chi connectivity index (χ0n) is 10.4. The molecule has 18 heavy (non-hydrogen) atoms. The molecule has 2 rings (SSSR count). The summed E-state index contributed by atoms with van der Waals surface area (Å²) in [5, 5.41) is 0. The summed E-state index contributed by atoms with van der Waals surface area (Å²) in [6, 6.07) is 3.53. The summed E-state index contributed by atoms with van der Waals surface area (Å²) < 4.78 is 4.81. The second kappa shape index (κ2) is 5.79. The van der Waals surface area contributed by atoms with Crippen LogP contribution in [0.25, 0.3) is 0 Å². The number of carbonyl (C=O) groups is 1. The van der Waals surface area contributed by atoms with Crippen molar-refractivity contribution < 1.29 is 9.53 Å². The molecule has 1 aliphatic rings. The smallest absolute Gasteiger partial charge is 0.323 e. The van der Waals surface area contributed by atoms with Gasteiger partial charge in [0.15, 0.2) is 0 Å². The Bertz CT molecular complexity index is 424. The SMILES string of the molecule is COC(=O)C1CCCN1Cc1cc(NN)ccn1. The zero-order valence-corrected chi connectivity index (χ0v) is 10.4. The molecule has 1 unspecified atom stereocenters. The van der Waals surface area contributed by atoms with Gasteiger partial charge in [-0.25, -0.2) is 0 Å². The van der Waals surface area contributed by atoms with E-state index in [0.717, 1.165) is 30.8 Å². The predicted molar refractivity (Wildman–Crippen MR) is 67.5 cm³/mol. The molecule has 6 heteroatoms. The summed E-state index contributed by atoms with van der Waals surface area (Å²) in [4.78, 5) is 18.0. The van der Waals surface area contributed by atoms with Gasteiger partial charge in [0.1, 0.15) is 6.04 Å². The van der Waals surface area contributed by atoms with Gasteiger partial charge < -0.3 is 10.2 Å². The predicted octanol–water partition coefficient (Wildman–Crippen LogP) is 0.505. The minimum absolute atomic E-state index is 0.147. The van der Waals surface area contributed by atoms with Gasteiger partial charge in [0, 0.05) is 12.7 Å². The molecule has 0 saturated carbocycles. The normalized spacial score (nSPS) is 19.8. The van der Waals surface area contributed by atoms with Crippen molar-refractivity contribution in [3.05, 3.63) is 24.0 Å². The molecule has 2 heterocycles. The van der Waals surface area contributed by atoms with Gasteiger partial charge in [-0.1, -0.05) is 0 Å². The first kappa shape index (κ1) is 12.8.